The Hall–Kier alpha value is -3.09. The molecule has 1 aromatic carbocycles. The zero-order valence-electron chi connectivity index (χ0n) is 15.1. The van der Waals surface area contributed by atoms with Gasteiger partial charge in [-0.15, -0.1) is 0 Å². The van der Waals surface area contributed by atoms with Crippen molar-refractivity contribution in [3.05, 3.63) is 53.5 Å². The lowest BCUT2D eigenvalue weighted by Crippen LogP contribution is -2.11. The second-order valence-electron chi connectivity index (χ2n) is 5.97. The zero-order chi connectivity index (χ0) is 18.5. The average Bonchev–Trinajstić information content (AvgIpc) is 3.24. The number of hydrogen-bond acceptors (Lipinski definition) is 6. The third kappa shape index (κ3) is 4.30. The maximum absolute atomic E-state index is 11.9. The predicted octanol–water partition coefficient (Wildman–Crippen LogP) is 3.30. The predicted molar refractivity (Wildman–Crippen MR) is 94.6 cm³/mol. The van der Waals surface area contributed by atoms with Crippen molar-refractivity contribution in [3.63, 3.8) is 0 Å². The van der Waals surface area contributed by atoms with Crippen LogP contribution in [-0.4, -0.2) is 28.0 Å². The van der Waals surface area contributed by atoms with Crippen molar-refractivity contribution >= 4 is 5.97 Å². The van der Waals surface area contributed by atoms with E-state index in [2.05, 4.69) is 10.3 Å². The van der Waals surface area contributed by atoms with Gasteiger partial charge in [0.25, 0.3) is 0 Å². The Morgan fingerprint density at radius 1 is 1.19 bits per heavy atom. The molecule has 0 radical (unpaired) electrons. The van der Waals surface area contributed by atoms with Crippen LogP contribution in [0.1, 0.15) is 23.6 Å². The summed E-state index contributed by atoms with van der Waals surface area (Å²) in [5.41, 5.74) is 3.54. The number of carbonyl (C=O) groups excluding carboxylic acids is 1. The molecular weight excluding hydrogens is 334 g/mol. The number of aryl methyl sites for hydroxylation is 3. The summed E-state index contributed by atoms with van der Waals surface area (Å²) in [5, 5.41) is 8.33. The van der Waals surface area contributed by atoms with Crippen molar-refractivity contribution in [2.24, 2.45) is 0 Å². The van der Waals surface area contributed by atoms with E-state index in [1.807, 2.05) is 44.2 Å². The first kappa shape index (κ1) is 17.7. The molecule has 136 valence electrons. The fourth-order valence-corrected chi connectivity index (χ4v) is 2.60. The van der Waals surface area contributed by atoms with E-state index < -0.39 is 0 Å². The van der Waals surface area contributed by atoms with Gasteiger partial charge in [-0.1, -0.05) is 5.16 Å². The first-order valence-corrected chi connectivity index (χ1v) is 8.32. The molecule has 0 spiro atoms. The Balaban J connectivity index is 1.51. The van der Waals surface area contributed by atoms with Gasteiger partial charge < -0.3 is 14.0 Å². The van der Waals surface area contributed by atoms with Crippen molar-refractivity contribution in [1.29, 1.82) is 0 Å². The molecule has 26 heavy (non-hydrogen) atoms. The number of methoxy groups -OCH3 is 1. The number of nitrogens with zero attached hydrogens (tertiary/aromatic N) is 3. The number of rotatable bonds is 7. The van der Waals surface area contributed by atoms with Gasteiger partial charge in [0.15, 0.2) is 12.4 Å². The molecule has 0 atom stereocenters. The molecule has 0 aliphatic heterocycles. The number of carbonyl (C=O) groups is 1. The average molecular weight is 355 g/mol. The summed E-state index contributed by atoms with van der Waals surface area (Å²) in [6.45, 7) is 4.43. The van der Waals surface area contributed by atoms with Crippen molar-refractivity contribution in [2.45, 2.75) is 33.4 Å². The van der Waals surface area contributed by atoms with Crippen LogP contribution in [0, 0.1) is 13.8 Å². The molecule has 7 nitrogen and oxygen atoms in total. The molecule has 7 heteroatoms. The monoisotopic (exact) mass is 355 g/mol. The molecule has 0 aliphatic carbocycles. The van der Waals surface area contributed by atoms with Gasteiger partial charge in [-0.05, 0) is 44.2 Å². The molecule has 0 bridgehead atoms. The number of benzene rings is 1. The molecule has 0 aliphatic rings. The van der Waals surface area contributed by atoms with Gasteiger partial charge in [-0.2, -0.15) is 5.10 Å². The van der Waals surface area contributed by atoms with Crippen molar-refractivity contribution in [2.75, 3.05) is 7.11 Å². The summed E-state index contributed by atoms with van der Waals surface area (Å²) in [6, 6.07) is 11.2. The molecule has 0 fully saturated rings. The fraction of sp³-hybridized carbons (Fsp3) is 0.316. The topological polar surface area (TPSA) is 79.4 Å². The van der Waals surface area contributed by atoms with E-state index in [-0.39, 0.29) is 19.0 Å². The fourth-order valence-electron chi connectivity index (χ4n) is 2.60. The Labute approximate surface area is 151 Å². The van der Waals surface area contributed by atoms with E-state index in [4.69, 9.17) is 14.0 Å². The van der Waals surface area contributed by atoms with E-state index in [1.54, 1.807) is 17.9 Å². The van der Waals surface area contributed by atoms with Gasteiger partial charge in [0.2, 0.25) is 0 Å². The van der Waals surface area contributed by atoms with Gasteiger partial charge in [0, 0.05) is 17.3 Å². The SMILES string of the molecule is COc1ccc(-c2cc(COC(=O)CCn3nc(C)cc3C)on2)cc1. The van der Waals surface area contributed by atoms with Crippen LogP contribution in [-0.2, 0) is 22.7 Å². The lowest BCUT2D eigenvalue weighted by atomic mass is 10.1. The van der Waals surface area contributed by atoms with Gasteiger partial charge >= 0.3 is 5.97 Å². The quantitative estimate of drug-likeness (QED) is 0.605. The van der Waals surface area contributed by atoms with Gasteiger partial charge in [0.05, 0.1) is 25.8 Å². The van der Waals surface area contributed by atoms with Crippen molar-refractivity contribution < 1.29 is 18.8 Å². The Morgan fingerprint density at radius 3 is 2.62 bits per heavy atom. The second kappa shape index (κ2) is 7.86. The maximum atomic E-state index is 11.9. The smallest absolute Gasteiger partial charge is 0.308 e. The van der Waals surface area contributed by atoms with E-state index in [1.165, 1.54) is 0 Å². The van der Waals surface area contributed by atoms with Crippen LogP contribution in [0.2, 0.25) is 0 Å². The molecule has 0 unspecified atom stereocenters. The summed E-state index contributed by atoms with van der Waals surface area (Å²) in [4.78, 5) is 11.9. The Kier molecular flexibility index (Phi) is 5.36. The summed E-state index contributed by atoms with van der Waals surface area (Å²) in [6.07, 6.45) is 0.251. The van der Waals surface area contributed by atoms with E-state index in [9.17, 15) is 4.79 Å². The van der Waals surface area contributed by atoms with Crippen molar-refractivity contribution in [3.8, 4) is 17.0 Å². The molecule has 2 aromatic heterocycles. The second-order valence-corrected chi connectivity index (χ2v) is 5.97. The molecule has 3 rings (SSSR count). The van der Waals surface area contributed by atoms with Crippen LogP contribution in [0.3, 0.4) is 0 Å². The minimum Gasteiger partial charge on any atom is -0.497 e. The summed E-state index contributed by atoms with van der Waals surface area (Å²) >= 11 is 0. The highest BCUT2D eigenvalue weighted by Gasteiger charge is 2.11. The molecular formula is C19H21N3O4. The summed E-state index contributed by atoms with van der Waals surface area (Å²) < 4.78 is 17.4. The minimum atomic E-state index is -0.306. The summed E-state index contributed by atoms with van der Waals surface area (Å²) in [7, 11) is 1.62. The minimum absolute atomic E-state index is 0.0547. The highest BCUT2D eigenvalue weighted by Crippen LogP contribution is 2.22. The maximum Gasteiger partial charge on any atom is 0.308 e. The molecule has 0 amide bonds. The molecule has 2 heterocycles. The molecule has 0 N–H and O–H groups in total. The first-order chi connectivity index (χ1) is 12.5. The largest absolute Gasteiger partial charge is 0.497 e. The number of aromatic nitrogens is 3. The zero-order valence-corrected chi connectivity index (χ0v) is 15.1. The van der Waals surface area contributed by atoms with Crippen LogP contribution in [0.25, 0.3) is 11.3 Å². The van der Waals surface area contributed by atoms with Gasteiger partial charge in [-0.3, -0.25) is 9.48 Å². The van der Waals surface area contributed by atoms with Crippen LogP contribution < -0.4 is 4.74 Å². The highest BCUT2D eigenvalue weighted by molar-refractivity contribution is 5.69. The van der Waals surface area contributed by atoms with Crippen LogP contribution >= 0.6 is 0 Å². The lowest BCUT2D eigenvalue weighted by Gasteiger charge is -2.04. The molecule has 0 saturated carbocycles. The third-order valence-electron chi connectivity index (χ3n) is 3.95. The standard InChI is InChI=1S/C19H21N3O4/c1-13-10-14(2)22(20-13)9-8-19(23)25-12-17-11-18(21-26-17)15-4-6-16(24-3)7-5-15/h4-7,10-11H,8-9,12H2,1-3H3. The first-order valence-electron chi connectivity index (χ1n) is 8.32. The Morgan fingerprint density at radius 2 is 1.96 bits per heavy atom. The van der Waals surface area contributed by atoms with Crippen molar-refractivity contribution in [1.82, 2.24) is 14.9 Å². The van der Waals surface area contributed by atoms with Gasteiger partial charge in [-0.25, -0.2) is 0 Å². The highest BCUT2D eigenvalue weighted by atomic mass is 16.5. The number of ether oxygens (including phenoxy) is 2. The molecule has 0 saturated heterocycles. The van der Waals surface area contributed by atoms with Gasteiger partial charge in [0.1, 0.15) is 11.4 Å². The normalized spacial score (nSPS) is 10.7. The van der Waals surface area contributed by atoms with Crippen LogP contribution in [0.4, 0.5) is 0 Å². The molecule has 3 aromatic rings. The number of esters is 1. The Bertz CT molecular complexity index is 881. The van der Waals surface area contributed by atoms with E-state index in [0.717, 1.165) is 22.7 Å². The van der Waals surface area contributed by atoms with Crippen LogP contribution in [0.5, 0.6) is 5.75 Å². The van der Waals surface area contributed by atoms with Crippen LogP contribution in [0.15, 0.2) is 40.9 Å². The lowest BCUT2D eigenvalue weighted by molar-refractivity contribution is -0.145. The number of hydrogen-bond donors (Lipinski definition) is 0. The summed E-state index contributed by atoms with van der Waals surface area (Å²) in [5.74, 6) is 0.962. The third-order valence-corrected chi connectivity index (χ3v) is 3.95. The van der Waals surface area contributed by atoms with E-state index in [0.29, 0.717) is 18.0 Å². The van der Waals surface area contributed by atoms with E-state index >= 15 is 0 Å².